The van der Waals surface area contributed by atoms with Gasteiger partial charge in [0.1, 0.15) is 10.9 Å². The zero-order chi connectivity index (χ0) is 22.4. The fraction of sp³-hybridized carbons (Fsp3) is 0.292. The quantitative estimate of drug-likeness (QED) is 0.344. The highest BCUT2D eigenvalue weighted by Crippen LogP contribution is 2.52. The zero-order valence-corrected chi connectivity index (χ0v) is 19.9. The molecular weight excluding hydrogens is 460 g/mol. The average molecular weight is 483 g/mol. The van der Waals surface area contributed by atoms with Gasteiger partial charge in [0.25, 0.3) is 5.91 Å². The molecule has 0 aromatic heterocycles. The minimum absolute atomic E-state index is 0.292. The monoisotopic (exact) mass is 482 g/mol. The summed E-state index contributed by atoms with van der Waals surface area (Å²) >= 11 is 8.13. The molecule has 1 saturated heterocycles. The third kappa shape index (κ3) is 3.74. The van der Waals surface area contributed by atoms with Crippen LogP contribution >= 0.6 is 35.7 Å². The SMILES string of the molecule is CSc1cccc(N2c3ccc(C=C4SC(=S)N(CC(=O)O)C4=O)cc3C3CCCC32)c1. The molecule has 164 valence electrons. The standard InChI is InChI=1S/C24H22N2O3S3/c1-31-16-5-2-4-15(12-16)26-19-7-3-6-17(19)18-10-14(8-9-20(18)26)11-21-23(29)25(13-22(27)28)24(30)32-21/h2,4-5,8-12,17,19H,3,6-7,13H2,1H3,(H,27,28). The van der Waals surface area contributed by atoms with Gasteiger partial charge >= 0.3 is 5.97 Å². The summed E-state index contributed by atoms with van der Waals surface area (Å²) in [6.45, 7) is -0.403. The van der Waals surface area contributed by atoms with Crippen molar-refractivity contribution >= 4 is 69.4 Å². The normalized spacial score (nSPS) is 23.2. The topological polar surface area (TPSA) is 60.9 Å². The summed E-state index contributed by atoms with van der Waals surface area (Å²) in [5.41, 5.74) is 4.75. The Bertz CT molecular complexity index is 1160. The van der Waals surface area contributed by atoms with Gasteiger partial charge in [0.2, 0.25) is 0 Å². The predicted molar refractivity (Wildman–Crippen MR) is 135 cm³/mol. The lowest BCUT2D eigenvalue weighted by molar-refractivity contribution is -0.140. The molecule has 1 aliphatic carbocycles. The Morgan fingerprint density at radius 3 is 2.91 bits per heavy atom. The second-order valence-electron chi connectivity index (χ2n) is 8.16. The molecule has 2 aromatic rings. The fourth-order valence-corrected chi connectivity index (χ4v) is 6.69. The Kier molecular flexibility index (Phi) is 5.77. The van der Waals surface area contributed by atoms with Crippen molar-refractivity contribution in [2.45, 2.75) is 36.1 Å². The molecule has 2 aromatic carbocycles. The van der Waals surface area contributed by atoms with Crippen LogP contribution in [0.4, 0.5) is 11.4 Å². The van der Waals surface area contributed by atoms with Crippen LogP contribution in [-0.4, -0.2) is 45.0 Å². The third-order valence-electron chi connectivity index (χ3n) is 6.32. The van der Waals surface area contributed by atoms with E-state index in [9.17, 15) is 9.59 Å². The molecule has 2 unspecified atom stereocenters. The fourth-order valence-electron chi connectivity index (χ4n) is 4.98. The Balaban J connectivity index is 1.49. The average Bonchev–Trinajstić information content (AvgIpc) is 3.43. The van der Waals surface area contributed by atoms with E-state index < -0.39 is 12.5 Å². The molecule has 2 heterocycles. The number of rotatable bonds is 5. The lowest BCUT2D eigenvalue weighted by atomic mass is 9.96. The number of aliphatic carboxylic acids is 1. The van der Waals surface area contributed by atoms with E-state index in [1.807, 2.05) is 12.1 Å². The van der Waals surface area contributed by atoms with Crippen molar-refractivity contribution in [2.24, 2.45) is 0 Å². The van der Waals surface area contributed by atoms with E-state index in [1.165, 1.54) is 52.9 Å². The van der Waals surface area contributed by atoms with E-state index in [0.29, 0.717) is 21.2 Å². The highest BCUT2D eigenvalue weighted by molar-refractivity contribution is 8.26. The van der Waals surface area contributed by atoms with Crippen molar-refractivity contribution in [3.8, 4) is 0 Å². The van der Waals surface area contributed by atoms with Crippen LogP contribution in [0.5, 0.6) is 0 Å². The molecule has 1 amide bonds. The second kappa shape index (κ2) is 8.57. The first-order valence-corrected chi connectivity index (χ1v) is 13.0. The molecule has 2 fully saturated rings. The van der Waals surface area contributed by atoms with Crippen molar-refractivity contribution in [2.75, 3.05) is 17.7 Å². The van der Waals surface area contributed by atoms with Crippen LogP contribution in [0.25, 0.3) is 6.08 Å². The van der Waals surface area contributed by atoms with Crippen LogP contribution in [0, 0.1) is 0 Å². The number of thiocarbonyl (C=S) groups is 1. The number of thioether (sulfide) groups is 2. The van der Waals surface area contributed by atoms with Gasteiger partial charge in [0.15, 0.2) is 0 Å². The van der Waals surface area contributed by atoms with Crippen molar-refractivity contribution in [3.05, 3.63) is 58.5 Å². The van der Waals surface area contributed by atoms with E-state index in [2.05, 4.69) is 47.6 Å². The molecule has 5 nitrogen and oxygen atoms in total. The van der Waals surface area contributed by atoms with Crippen molar-refractivity contribution < 1.29 is 14.7 Å². The Morgan fingerprint density at radius 2 is 2.12 bits per heavy atom. The molecule has 3 aliphatic rings. The predicted octanol–water partition coefficient (Wildman–Crippen LogP) is 5.48. The van der Waals surface area contributed by atoms with Gasteiger partial charge in [0.05, 0.1) is 4.91 Å². The Labute approximate surface area is 200 Å². The second-order valence-corrected chi connectivity index (χ2v) is 10.7. The summed E-state index contributed by atoms with van der Waals surface area (Å²) < 4.78 is 0.292. The first-order valence-electron chi connectivity index (χ1n) is 10.5. The first kappa shape index (κ1) is 21.6. The van der Waals surface area contributed by atoms with E-state index in [1.54, 1.807) is 11.8 Å². The summed E-state index contributed by atoms with van der Waals surface area (Å²) in [6, 6.07) is 15.6. The first-order chi connectivity index (χ1) is 15.5. The number of carbonyl (C=O) groups excluding carboxylic acids is 1. The molecule has 1 N–H and O–H groups in total. The molecule has 32 heavy (non-hydrogen) atoms. The summed E-state index contributed by atoms with van der Waals surface area (Å²) in [5, 5.41) is 9.04. The largest absolute Gasteiger partial charge is 0.480 e. The minimum Gasteiger partial charge on any atom is -0.480 e. The molecular formula is C24H22N2O3S3. The molecule has 8 heteroatoms. The van der Waals surface area contributed by atoms with Gasteiger partial charge in [-0.15, -0.1) is 11.8 Å². The highest BCUT2D eigenvalue weighted by Gasteiger charge is 2.42. The van der Waals surface area contributed by atoms with Gasteiger partial charge < -0.3 is 10.0 Å². The number of hydrogen-bond donors (Lipinski definition) is 1. The van der Waals surface area contributed by atoms with Gasteiger partial charge in [0, 0.05) is 28.2 Å². The van der Waals surface area contributed by atoms with E-state index in [4.69, 9.17) is 17.3 Å². The van der Waals surface area contributed by atoms with Gasteiger partial charge in [-0.05, 0) is 66.6 Å². The molecule has 0 bridgehead atoms. The Morgan fingerprint density at radius 1 is 1.28 bits per heavy atom. The third-order valence-corrected chi connectivity index (χ3v) is 8.42. The Hall–Kier alpha value is -2.29. The maximum absolute atomic E-state index is 12.6. The lowest BCUT2D eigenvalue weighted by Crippen LogP contribution is -2.33. The molecule has 0 spiro atoms. The number of fused-ring (bicyclic) bond motifs is 3. The van der Waals surface area contributed by atoms with Gasteiger partial charge in [-0.1, -0.05) is 42.5 Å². The molecule has 2 aliphatic heterocycles. The van der Waals surface area contributed by atoms with Crippen LogP contribution in [0.15, 0.2) is 52.3 Å². The maximum atomic E-state index is 12.6. The summed E-state index contributed by atoms with van der Waals surface area (Å²) in [5.74, 6) is -0.923. The van der Waals surface area contributed by atoms with Crippen molar-refractivity contribution in [1.29, 1.82) is 0 Å². The van der Waals surface area contributed by atoms with Crippen molar-refractivity contribution in [1.82, 2.24) is 4.90 Å². The molecule has 2 atom stereocenters. The summed E-state index contributed by atoms with van der Waals surface area (Å²) in [4.78, 5) is 29.1. The van der Waals surface area contributed by atoms with Crippen molar-refractivity contribution in [3.63, 3.8) is 0 Å². The number of carbonyl (C=O) groups is 2. The summed E-state index contributed by atoms with van der Waals surface area (Å²) in [6.07, 6.45) is 7.49. The van der Waals surface area contributed by atoms with Crippen LogP contribution in [-0.2, 0) is 9.59 Å². The van der Waals surface area contributed by atoms with Gasteiger partial charge in [-0.25, -0.2) is 0 Å². The lowest BCUT2D eigenvalue weighted by Gasteiger charge is -2.27. The number of carboxylic acids is 1. The number of amides is 1. The van der Waals surface area contributed by atoms with E-state index in [0.717, 1.165) is 10.5 Å². The highest BCUT2D eigenvalue weighted by atomic mass is 32.2. The smallest absolute Gasteiger partial charge is 0.323 e. The molecule has 5 rings (SSSR count). The van der Waals surface area contributed by atoms with Gasteiger partial charge in [-0.3, -0.25) is 14.5 Å². The van der Waals surface area contributed by atoms with Crippen LogP contribution in [0.2, 0.25) is 0 Å². The van der Waals surface area contributed by atoms with Crippen LogP contribution < -0.4 is 4.90 Å². The van der Waals surface area contributed by atoms with Crippen LogP contribution in [0.3, 0.4) is 0 Å². The molecule has 0 radical (unpaired) electrons. The molecule has 1 saturated carbocycles. The number of anilines is 2. The van der Waals surface area contributed by atoms with E-state index in [-0.39, 0.29) is 5.91 Å². The zero-order valence-electron chi connectivity index (χ0n) is 17.5. The number of nitrogens with zero attached hydrogens (tertiary/aromatic N) is 2. The minimum atomic E-state index is -1.07. The summed E-state index contributed by atoms with van der Waals surface area (Å²) in [7, 11) is 0. The van der Waals surface area contributed by atoms with Gasteiger partial charge in [-0.2, -0.15) is 0 Å². The number of carboxylic acid groups (broad SMARTS) is 1. The maximum Gasteiger partial charge on any atom is 0.323 e. The number of benzene rings is 2. The van der Waals surface area contributed by atoms with Crippen LogP contribution in [0.1, 0.15) is 36.3 Å². The number of hydrogen-bond acceptors (Lipinski definition) is 6. The van der Waals surface area contributed by atoms with E-state index >= 15 is 0 Å².